The van der Waals surface area contributed by atoms with Crippen LogP contribution in [0, 0.1) is 11.3 Å². The van der Waals surface area contributed by atoms with Crippen LogP contribution in [0.25, 0.3) is 0 Å². The highest BCUT2D eigenvalue weighted by Crippen LogP contribution is 2.30. The van der Waals surface area contributed by atoms with E-state index in [9.17, 15) is 15.5 Å². The van der Waals surface area contributed by atoms with Gasteiger partial charge >= 0.3 is 7.12 Å². The third-order valence-electron chi connectivity index (χ3n) is 4.95. The Morgan fingerprint density at radius 1 is 0.960 bits per heavy atom. The largest absolute Gasteiger partial charge is 0.497 e. The first-order chi connectivity index (χ1) is 11.1. The Hall–Kier alpha value is -1.46. The first-order valence-electron chi connectivity index (χ1n) is 8.28. The van der Waals surface area contributed by atoms with E-state index < -0.39 is 29.5 Å². The lowest BCUT2D eigenvalue weighted by Crippen LogP contribution is -2.59. The van der Waals surface area contributed by atoms with Gasteiger partial charge in [0.15, 0.2) is 0 Å². The lowest BCUT2D eigenvalue weighted by atomic mass is 9.73. The zero-order chi connectivity index (χ0) is 19.7. The fraction of sp³-hybridized carbons (Fsp3) is 0.667. The van der Waals surface area contributed by atoms with Gasteiger partial charge in [0.25, 0.3) is 0 Å². The minimum Gasteiger partial charge on any atom is -0.399 e. The Balaban J connectivity index is 3.36. The molecule has 0 saturated heterocycles. The molecule has 0 atom stereocenters. The van der Waals surface area contributed by atoms with Crippen molar-refractivity contribution in [2.24, 2.45) is 0 Å². The van der Waals surface area contributed by atoms with E-state index >= 15 is 0 Å². The zero-order valence-electron chi connectivity index (χ0n) is 16.4. The number of nitrogens with zero attached hydrogens (tertiary/aromatic N) is 2. The van der Waals surface area contributed by atoms with Crippen molar-refractivity contribution in [3.05, 3.63) is 24.0 Å². The summed E-state index contributed by atoms with van der Waals surface area (Å²) in [4.78, 5) is 4.06. The van der Waals surface area contributed by atoms with E-state index in [1.54, 1.807) is 67.5 Å². The maximum absolute atomic E-state index is 10.4. The van der Waals surface area contributed by atoms with Crippen LogP contribution in [0.2, 0.25) is 0 Å². The van der Waals surface area contributed by atoms with Gasteiger partial charge in [-0.25, -0.2) is 4.98 Å². The van der Waals surface area contributed by atoms with Gasteiger partial charge in [-0.05, 0) is 61.5 Å². The molecule has 0 spiro atoms. The number of aliphatic hydroxyl groups is 2. The third kappa shape index (κ3) is 5.02. The van der Waals surface area contributed by atoms with Gasteiger partial charge in [-0.2, -0.15) is 5.26 Å². The highest BCUT2D eigenvalue weighted by atomic mass is 16.6. The molecule has 7 heteroatoms. The van der Waals surface area contributed by atoms with E-state index in [-0.39, 0.29) is 5.69 Å². The summed E-state index contributed by atoms with van der Waals surface area (Å²) in [6.45, 7) is 13.5. The van der Waals surface area contributed by atoms with Crippen molar-refractivity contribution in [2.45, 2.75) is 77.8 Å². The van der Waals surface area contributed by atoms with Crippen LogP contribution in [-0.2, 0) is 9.31 Å². The van der Waals surface area contributed by atoms with Gasteiger partial charge in [0.1, 0.15) is 11.8 Å². The van der Waals surface area contributed by atoms with Crippen LogP contribution >= 0.6 is 0 Å². The second-order valence-corrected chi connectivity index (χ2v) is 8.26. The van der Waals surface area contributed by atoms with Crippen molar-refractivity contribution < 1.29 is 19.5 Å². The Morgan fingerprint density at radius 3 is 1.76 bits per heavy atom. The maximum atomic E-state index is 10.4. The van der Waals surface area contributed by atoms with Crippen LogP contribution in [0.5, 0.6) is 0 Å². The molecular formula is C18H29BN2O4. The number of hydrogen-bond acceptors (Lipinski definition) is 6. The highest BCUT2D eigenvalue weighted by Gasteiger charge is 2.46. The van der Waals surface area contributed by atoms with Gasteiger partial charge in [-0.1, -0.05) is 6.07 Å². The average Bonchev–Trinajstić information content (AvgIpc) is 2.43. The number of pyridine rings is 1. The van der Waals surface area contributed by atoms with E-state index in [2.05, 4.69) is 4.98 Å². The van der Waals surface area contributed by atoms with Crippen molar-refractivity contribution in [1.29, 1.82) is 5.26 Å². The molecule has 1 aromatic rings. The van der Waals surface area contributed by atoms with Crippen molar-refractivity contribution in [2.75, 3.05) is 0 Å². The first-order valence-corrected chi connectivity index (χ1v) is 8.28. The molecule has 0 unspecified atom stereocenters. The van der Waals surface area contributed by atoms with Gasteiger partial charge < -0.3 is 19.5 Å². The number of rotatable bonds is 7. The summed E-state index contributed by atoms with van der Waals surface area (Å²) in [5.74, 6) is 0. The van der Waals surface area contributed by atoms with Crippen molar-refractivity contribution >= 4 is 12.6 Å². The van der Waals surface area contributed by atoms with Gasteiger partial charge in [-0.15, -0.1) is 0 Å². The van der Waals surface area contributed by atoms with Crippen LogP contribution in [0.3, 0.4) is 0 Å². The van der Waals surface area contributed by atoms with E-state index in [0.717, 1.165) is 0 Å². The molecule has 6 nitrogen and oxygen atoms in total. The summed E-state index contributed by atoms with van der Waals surface area (Å²) in [5.41, 5.74) is -3.69. The van der Waals surface area contributed by atoms with Crippen LogP contribution in [0.4, 0.5) is 0 Å². The smallest absolute Gasteiger partial charge is 0.399 e. The van der Waals surface area contributed by atoms with Crippen molar-refractivity contribution in [3.8, 4) is 6.07 Å². The molecule has 0 aromatic carbocycles. The fourth-order valence-corrected chi connectivity index (χ4v) is 1.68. The Kier molecular flexibility index (Phi) is 6.08. The van der Waals surface area contributed by atoms with Gasteiger partial charge in [0, 0.05) is 11.7 Å². The van der Waals surface area contributed by atoms with E-state index in [1.807, 2.05) is 6.07 Å². The Bertz CT molecular complexity index is 612. The predicted octanol–water partition coefficient (Wildman–Crippen LogP) is 1.78. The lowest BCUT2D eigenvalue weighted by Gasteiger charge is -2.43. The molecule has 0 saturated carbocycles. The summed E-state index contributed by atoms with van der Waals surface area (Å²) in [5, 5.41) is 30.2. The van der Waals surface area contributed by atoms with Crippen LogP contribution in [-0.4, -0.2) is 44.7 Å². The van der Waals surface area contributed by atoms with Crippen LogP contribution in [0.15, 0.2) is 18.3 Å². The maximum Gasteiger partial charge on any atom is 0.497 e. The minimum absolute atomic E-state index is 0.172. The Labute approximate surface area is 150 Å². The Morgan fingerprint density at radius 2 is 1.40 bits per heavy atom. The normalized spacial score (nSPS) is 13.5. The van der Waals surface area contributed by atoms with Crippen molar-refractivity contribution in [3.63, 3.8) is 0 Å². The molecule has 0 aliphatic rings. The second-order valence-electron chi connectivity index (χ2n) is 8.26. The van der Waals surface area contributed by atoms with Crippen LogP contribution in [0.1, 0.15) is 61.1 Å². The lowest BCUT2D eigenvalue weighted by molar-refractivity contribution is -0.132. The summed E-state index contributed by atoms with van der Waals surface area (Å²) in [6, 6.07) is 5.41. The zero-order valence-corrected chi connectivity index (χ0v) is 16.4. The van der Waals surface area contributed by atoms with Gasteiger partial charge in [0.05, 0.1) is 22.4 Å². The fourth-order valence-electron chi connectivity index (χ4n) is 1.68. The number of hydrogen-bond donors (Lipinski definition) is 2. The van der Waals surface area contributed by atoms with E-state index in [4.69, 9.17) is 9.31 Å². The molecule has 138 valence electrons. The molecule has 0 amide bonds. The SMILES string of the molecule is CC(C)(O)C(C)(C)OB(OC(C)(C)C(C)(C)O)c1cccnc1C#N. The molecule has 0 aliphatic carbocycles. The summed E-state index contributed by atoms with van der Waals surface area (Å²) in [7, 11) is -0.994. The molecule has 1 aromatic heterocycles. The summed E-state index contributed by atoms with van der Waals surface area (Å²) in [6.07, 6.45) is 1.52. The number of nitriles is 1. The molecule has 0 bridgehead atoms. The second kappa shape index (κ2) is 7.04. The first kappa shape index (κ1) is 21.6. The molecule has 2 N–H and O–H groups in total. The van der Waals surface area contributed by atoms with Gasteiger partial charge in [-0.3, -0.25) is 0 Å². The quantitative estimate of drug-likeness (QED) is 0.730. The van der Waals surface area contributed by atoms with Crippen LogP contribution < -0.4 is 5.46 Å². The molecule has 0 radical (unpaired) electrons. The predicted molar refractivity (Wildman–Crippen MR) is 97.3 cm³/mol. The van der Waals surface area contributed by atoms with Crippen molar-refractivity contribution in [1.82, 2.24) is 4.98 Å². The van der Waals surface area contributed by atoms with Gasteiger partial charge in [0.2, 0.25) is 0 Å². The molecule has 1 heterocycles. The summed E-state index contributed by atoms with van der Waals surface area (Å²) >= 11 is 0. The topological polar surface area (TPSA) is 95.6 Å². The molecule has 1 rings (SSSR count). The average molecular weight is 348 g/mol. The molecule has 0 fully saturated rings. The summed E-state index contributed by atoms with van der Waals surface area (Å²) < 4.78 is 12.2. The monoisotopic (exact) mass is 348 g/mol. The van der Waals surface area contributed by atoms with E-state index in [1.165, 1.54) is 6.20 Å². The molecule has 25 heavy (non-hydrogen) atoms. The van der Waals surface area contributed by atoms with E-state index in [0.29, 0.717) is 5.46 Å². The highest BCUT2D eigenvalue weighted by molar-refractivity contribution is 6.62. The standard InChI is InChI=1S/C18H29BN2O4/c1-15(2,22)17(5,6)24-19(25-18(7,8)16(3,4)23)13-10-9-11-21-14(13)12-20/h9-11,22-23H,1-8H3. The minimum atomic E-state index is -1.16. The molecule has 0 aliphatic heterocycles. The third-order valence-corrected chi connectivity index (χ3v) is 4.95. The molecular weight excluding hydrogens is 319 g/mol. The number of aromatic nitrogens is 1.